The third-order valence-electron chi connectivity index (χ3n) is 6.22. The molecule has 2 aliphatic rings. The maximum Gasteiger partial charge on any atom is 0.143 e. The largest absolute Gasteiger partial charge is 0.497 e. The normalized spacial score (nSPS) is 26.7. The number of aromatic nitrogens is 4. The fourth-order valence-corrected chi connectivity index (χ4v) is 4.87. The molecule has 2 fully saturated rings. The first kappa shape index (κ1) is 18.3. The van der Waals surface area contributed by atoms with Gasteiger partial charge in [-0.05, 0) is 65.6 Å². The van der Waals surface area contributed by atoms with Crippen LogP contribution in [0, 0.1) is 0 Å². The Morgan fingerprint density at radius 1 is 1.21 bits per heavy atom. The highest BCUT2D eigenvalue weighted by atomic mass is 16.5. The second kappa shape index (κ2) is 7.57. The molecule has 2 aliphatic heterocycles. The first-order valence-corrected chi connectivity index (χ1v) is 10.1. The Bertz CT molecular complexity index is 963. The van der Waals surface area contributed by atoms with Gasteiger partial charge in [-0.25, -0.2) is 4.68 Å². The van der Waals surface area contributed by atoms with Crippen molar-refractivity contribution in [3.05, 3.63) is 66.0 Å². The van der Waals surface area contributed by atoms with Crippen LogP contribution in [0.15, 0.2) is 54.9 Å². The fraction of sp³-hybridized carbons (Fsp3) is 0.409. The molecule has 0 amide bonds. The van der Waals surface area contributed by atoms with Gasteiger partial charge in [0.2, 0.25) is 0 Å². The maximum absolute atomic E-state index is 6.60. The summed E-state index contributed by atoms with van der Waals surface area (Å²) in [6.45, 7) is 1.69. The highest BCUT2D eigenvalue weighted by Gasteiger charge is 2.49. The SMILES string of the molecule is COc1ccc(-n2cnnn2)c([C@H]2CO[C@]3(CCCN[C@H]3c3ccccc3)C2)c1. The Labute approximate surface area is 170 Å². The van der Waals surface area contributed by atoms with Crippen molar-refractivity contribution in [1.29, 1.82) is 0 Å². The Balaban J connectivity index is 1.50. The van der Waals surface area contributed by atoms with Crippen molar-refractivity contribution in [2.24, 2.45) is 0 Å². The van der Waals surface area contributed by atoms with Gasteiger partial charge < -0.3 is 14.8 Å². The first-order valence-electron chi connectivity index (χ1n) is 10.1. The molecule has 3 heterocycles. The van der Waals surface area contributed by atoms with Gasteiger partial charge in [-0.2, -0.15) is 0 Å². The van der Waals surface area contributed by atoms with Crippen molar-refractivity contribution < 1.29 is 9.47 Å². The number of nitrogens with one attached hydrogen (secondary N) is 1. The number of methoxy groups -OCH3 is 1. The van der Waals surface area contributed by atoms with E-state index >= 15 is 0 Å². The summed E-state index contributed by atoms with van der Waals surface area (Å²) >= 11 is 0. The Morgan fingerprint density at radius 3 is 2.90 bits per heavy atom. The molecule has 2 saturated heterocycles. The molecule has 3 atom stereocenters. The lowest BCUT2D eigenvalue weighted by Gasteiger charge is -2.41. The van der Waals surface area contributed by atoms with E-state index in [1.54, 1.807) is 18.1 Å². The van der Waals surface area contributed by atoms with Gasteiger partial charge in [-0.1, -0.05) is 30.3 Å². The second-order valence-electron chi connectivity index (χ2n) is 7.86. The number of ether oxygens (including phenoxy) is 2. The molecule has 29 heavy (non-hydrogen) atoms. The summed E-state index contributed by atoms with van der Waals surface area (Å²) in [7, 11) is 1.69. The van der Waals surface area contributed by atoms with Crippen LogP contribution in [0.1, 0.15) is 42.3 Å². The maximum atomic E-state index is 6.60. The van der Waals surface area contributed by atoms with E-state index < -0.39 is 0 Å². The predicted octanol–water partition coefficient (Wildman–Crippen LogP) is 3.04. The number of tetrazole rings is 1. The molecule has 7 nitrogen and oxygen atoms in total. The summed E-state index contributed by atoms with van der Waals surface area (Å²) in [5.74, 6) is 1.08. The highest BCUT2D eigenvalue weighted by Crippen LogP contribution is 2.49. The summed E-state index contributed by atoms with van der Waals surface area (Å²) in [5, 5.41) is 15.4. The van der Waals surface area contributed by atoms with Gasteiger partial charge in [0.25, 0.3) is 0 Å². The molecule has 150 valence electrons. The monoisotopic (exact) mass is 391 g/mol. The minimum absolute atomic E-state index is 0.199. The highest BCUT2D eigenvalue weighted by molar-refractivity contribution is 5.48. The van der Waals surface area contributed by atoms with E-state index in [-0.39, 0.29) is 17.6 Å². The minimum atomic E-state index is -0.203. The van der Waals surface area contributed by atoms with Crippen LogP contribution < -0.4 is 10.1 Å². The van der Waals surface area contributed by atoms with Gasteiger partial charge >= 0.3 is 0 Å². The van der Waals surface area contributed by atoms with Crippen molar-refractivity contribution >= 4 is 0 Å². The predicted molar refractivity (Wildman–Crippen MR) is 108 cm³/mol. The van der Waals surface area contributed by atoms with E-state index in [0.29, 0.717) is 6.61 Å². The molecule has 0 unspecified atom stereocenters. The van der Waals surface area contributed by atoms with Crippen LogP contribution >= 0.6 is 0 Å². The lowest BCUT2D eigenvalue weighted by molar-refractivity contribution is -0.0484. The van der Waals surface area contributed by atoms with Crippen LogP contribution in [0.4, 0.5) is 0 Å². The molecule has 7 heteroatoms. The molecule has 3 aromatic rings. The molecule has 1 aromatic heterocycles. The van der Waals surface area contributed by atoms with Crippen LogP contribution in [0.3, 0.4) is 0 Å². The lowest BCUT2D eigenvalue weighted by atomic mass is 9.76. The van der Waals surface area contributed by atoms with Gasteiger partial charge in [0.1, 0.15) is 12.1 Å². The van der Waals surface area contributed by atoms with E-state index in [9.17, 15) is 0 Å². The average Bonchev–Trinajstić information content (AvgIpc) is 3.45. The summed E-state index contributed by atoms with van der Waals surface area (Å²) in [4.78, 5) is 0. The van der Waals surface area contributed by atoms with Crippen molar-refractivity contribution in [1.82, 2.24) is 25.5 Å². The second-order valence-corrected chi connectivity index (χ2v) is 7.86. The van der Waals surface area contributed by atoms with Crippen molar-refractivity contribution in [3.8, 4) is 11.4 Å². The molecule has 0 saturated carbocycles. The zero-order valence-corrected chi connectivity index (χ0v) is 16.5. The van der Waals surface area contributed by atoms with Crippen LogP contribution in [0.25, 0.3) is 5.69 Å². The van der Waals surface area contributed by atoms with E-state index in [1.165, 1.54) is 5.56 Å². The number of rotatable bonds is 4. The van der Waals surface area contributed by atoms with Crippen molar-refractivity contribution in [3.63, 3.8) is 0 Å². The lowest BCUT2D eigenvalue weighted by Crippen LogP contribution is -2.48. The number of benzene rings is 2. The molecule has 0 bridgehead atoms. The van der Waals surface area contributed by atoms with E-state index in [2.05, 4.69) is 57.2 Å². The smallest absolute Gasteiger partial charge is 0.143 e. The van der Waals surface area contributed by atoms with E-state index in [0.717, 1.165) is 42.8 Å². The zero-order chi connectivity index (χ0) is 19.7. The molecular formula is C22H25N5O2. The van der Waals surface area contributed by atoms with Crippen LogP contribution in [0.5, 0.6) is 5.75 Å². The number of nitrogens with zero attached hydrogens (tertiary/aromatic N) is 4. The Kier molecular flexibility index (Phi) is 4.77. The van der Waals surface area contributed by atoms with Crippen LogP contribution in [-0.2, 0) is 4.74 Å². The Hall–Kier alpha value is -2.77. The van der Waals surface area contributed by atoms with Crippen LogP contribution in [-0.4, -0.2) is 46.1 Å². The van der Waals surface area contributed by atoms with Crippen molar-refractivity contribution in [2.45, 2.75) is 36.8 Å². The average molecular weight is 391 g/mol. The Morgan fingerprint density at radius 2 is 2.10 bits per heavy atom. The molecule has 0 aliphatic carbocycles. The van der Waals surface area contributed by atoms with E-state index in [1.807, 2.05) is 12.1 Å². The fourth-order valence-electron chi connectivity index (χ4n) is 4.87. The van der Waals surface area contributed by atoms with Gasteiger partial charge in [-0.3, -0.25) is 0 Å². The summed E-state index contributed by atoms with van der Waals surface area (Å²) < 4.78 is 13.8. The van der Waals surface area contributed by atoms with E-state index in [4.69, 9.17) is 9.47 Å². The van der Waals surface area contributed by atoms with Crippen LogP contribution in [0.2, 0.25) is 0 Å². The third-order valence-corrected chi connectivity index (χ3v) is 6.22. The number of piperidine rings is 1. The number of hydrogen-bond donors (Lipinski definition) is 1. The van der Waals surface area contributed by atoms with Crippen molar-refractivity contribution in [2.75, 3.05) is 20.3 Å². The molecule has 0 radical (unpaired) electrons. The topological polar surface area (TPSA) is 74.1 Å². The minimum Gasteiger partial charge on any atom is -0.497 e. The van der Waals surface area contributed by atoms with Gasteiger partial charge in [0.05, 0.1) is 31.0 Å². The molecule has 2 aromatic carbocycles. The third kappa shape index (κ3) is 3.30. The first-order chi connectivity index (χ1) is 14.3. The molecule has 5 rings (SSSR count). The summed E-state index contributed by atoms with van der Waals surface area (Å²) in [5.41, 5.74) is 3.22. The standard InChI is InChI=1S/C22H25N5O2/c1-28-18-8-9-20(27-15-24-25-26-27)19(12-18)17-13-22(29-14-17)10-5-11-23-21(22)16-6-3-2-4-7-16/h2-4,6-9,12,15,17,21,23H,5,10-11,13-14H2,1H3/t17-,21+,22-/m1/s1. The zero-order valence-electron chi connectivity index (χ0n) is 16.5. The summed E-state index contributed by atoms with van der Waals surface area (Å²) in [6, 6.07) is 16.9. The number of hydrogen-bond acceptors (Lipinski definition) is 6. The van der Waals surface area contributed by atoms with Gasteiger partial charge in [0.15, 0.2) is 0 Å². The van der Waals surface area contributed by atoms with Gasteiger partial charge in [-0.15, -0.1) is 5.10 Å². The quantitative estimate of drug-likeness (QED) is 0.737. The molecule has 1 N–H and O–H groups in total. The van der Waals surface area contributed by atoms with Gasteiger partial charge in [0, 0.05) is 5.92 Å². The summed E-state index contributed by atoms with van der Waals surface area (Å²) in [6.07, 6.45) is 4.75. The molecular weight excluding hydrogens is 366 g/mol. The molecule has 1 spiro atoms.